The van der Waals surface area contributed by atoms with Crippen molar-refractivity contribution in [1.82, 2.24) is 0 Å². The van der Waals surface area contributed by atoms with Crippen LogP contribution in [0, 0.1) is 0 Å². The van der Waals surface area contributed by atoms with Crippen molar-refractivity contribution in [2.75, 3.05) is 28.8 Å². The Morgan fingerprint density at radius 2 is 1.58 bits per heavy atom. The second kappa shape index (κ2) is 9.49. The third kappa shape index (κ3) is 4.36. The highest BCUT2D eigenvalue weighted by molar-refractivity contribution is 6.08. The summed E-state index contributed by atoms with van der Waals surface area (Å²) < 4.78 is 0. The molecule has 0 fully saturated rings. The molecule has 0 aromatic heterocycles. The lowest BCUT2D eigenvalue weighted by molar-refractivity contribution is -0.118. The van der Waals surface area contributed by atoms with E-state index in [2.05, 4.69) is 6.92 Å². The van der Waals surface area contributed by atoms with Crippen molar-refractivity contribution in [2.45, 2.75) is 38.8 Å². The summed E-state index contributed by atoms with van der Waals surface area (Å²) in [6, 6.07) is 25.3. The van der Waals surface area contributed by atoms with E-state index in [4.69, 9.17) is 0 Å². The molecular weight excluding hydrogens is 410 g/mol. The molecule has 0 spiro atoms. The Bertz CT molecular complexity index is 1140. The molecule has 0 bridgehead atoms. The highest BCUT2D eigenvalue weighted by atomic mass is 16.2. The van der Waals surface area contributed by atoms with E-state index in [-0.39, 0.29) is 23.9 Å². The highest BCUT2D eigenvalue weighted by Gasteiger charge is 2.38. The maximum atomic E-state index is 13.7. The Morgan fingerprint density at radius 1 is 0.909 bits per heavy atom. The number of fused-ring (bicyclic) bond motifs is 1. The average molecular weight is 442 g/mol. The Morgan fingerprint density at radius 3 is 2.27 bits per heavy atom. The molecule has 33 heavy (non-hydrogen) atoms. The summed E-state index contributed by atoms with van der Waals surface area (Å²) in [7, 11) is 3.94. The minimum Gasteiger partial charge on any atom is -0.378 e. The zero-order valence-corrected chi connectivity index (χ0v) is 19.7. The first-order valence-corrected chi connectivity index (χ1v) is 11.5. The van der Waals surface area contributed by atoms with Crippen LogP contribution in [0.3, 0.4) is 0 Å². The summed E-state index contributed by atoms with van der Waals surface area (Å²) >= 11 is 0. The van der Waals surface area contributed by atoms with E-state index in [0.717, 1.165) is 22.6 Å². The van der Waals surface area contributed by atoms with E-state index < -0.39 is 0 Å². The van der Waals surface area contributed by atoms with Crippen molar-refractivity contribution < 1.29 is 9.59 Å². The van der Waals surface area contributed by atoms with Crippen molar-refractivity contribution in [3.05, 3.63) is 90.0 Å². The number of amides is 2. The number of carbonyl (C=O) groups excluding carboxylic acids is 2. The van der Waals surface area contributed by atoms with Gasteiger partial charge < -0.3 is 14.7 Å². The largest absolute Gasteiger partial charge is 0.378 e. The number of hydrogen-bond donors (Lipinski definition) is 0. The Kier molecular flexibility index (Phi) is 6.50. The normalized spacial score (nSPS) is 17.3. The lowest BCUT2D eigenvalue weighted by Crippen LogP contribution is -2.47. The quantitative estimate of drug-likeness (QED) is 0.512. The monoisotopic (exact) mass is 441 g/mol. The van der Waals surface area contributed by atoms with Crippen LogP contribution in [0.4, 0.5) is 17.1 Å². The number of anilines is 3. The molecule has 0 saturated heterocycles. The topological polar surface area (TPSA) is 43.9 Å². The van der Waals surface area contributed by atoms with Crippen LogP contribution in [-0.4, -0.2) is 32.0 Å². The molecule has 1 heterocycles. The SMILES string of the molecule is CCC(=O)N(c1ccccc1)[C@@H]1C[C@H](C)N(C(=O)c2cccc(N(C)C)c2)c2ccccc21. The average Bonchev–Trinajstić information content (AvgIpc) is 2.84. The zero-order chi connectivity index (χ0) is 23.5. The van der Waals surface area contributed by atoms with Gasteiger partial charge in [0.1, 0.15) is 0 Å². The first-order valence-electron chi connectivity index (χ1n) is 11.5. The van der Waals surface area contributed by atoms with Crippen LogP contribution in [0.15, 0.2) is 78.9 Å². The van der Waals surface area contributed by atoms with E-state index in [9.17, 15) is 9.59 Å². The first-order chi connectivity index (χ1) is 15.9. The fourth-order valence-corrected chi connectivity index (χ4v) is 4.65. The number of rotatable bonds is 5. The molecule has 0 radical (unpaired) electrons. The van der Waals surface area contributed by atoms with Crippen molar-refractivity contribution in [2.24, 2.45) is 0 Å². The molecule has 2 amide bonds. The standard InChI is InChI=1S/C28H31N3O2/c1-5-27(32)31(22-13-7-6-8-14-22)26-18-20(2)30(25-17-10-9-16-24(25)26)28(33)21-12-11-15-23(19-21)29(3)4/h6-17,19-20,26H,5,18H2,1-4H3/t20-,26+/m0/s1. The van der Waals surface area contributed by atoms with E-state index >= 15 is 0 Å². The summed E-state index contributed by atoms with van der Waals surface area (Å²) in [6.45, 7) is 3.96. The van der Waals surface area contributed by atoms with Crippen LogP contribution in [0.25, 0.3) is 0 Å². The predicted molar refractivity (Wildman–Crippen MR) is 135 cm³/mol. The molecule has 3 aromatic carbocycles. The summed E-state index contributed by atoms with van der Waals surface area (Å²) in [5.74, 6) is 0.0526. The van der Waals surface area contributed by atoms with Crippen molar-refractivity contribution in [3.63, 3.8) is 0 Å². The third-order valence-electron chi connectivity index (χ3n) is 6.31. The van der Waals surface area contributed by atoms with Gasteiger partial charge in [-0.25, -0.2) is 0 Å². The molecule has 5 heteroatoms. The van der Waals surface area contributed by atoms with Crippen molar-refractivity contribution >= 4 is 28.9 Å². The Labute approximate surface area is 196 Å². The van der Waals surface area contributed by atoms with Gasteiger partial charge in [-0.3, -0.25) is 9.59 Å². The van der Waals surface area contributed by atoms with E-state index in [0.29, 0.717) is 18.4 Å². The van der Waals surface area contributed by atoms with E-state index in [1.54, 1.807) is 0 Å². The number of benzene rings is 3. The fraction of sp³-hybridized carbons (Fsp3) is 0.286. The fourth-order valence-electron chi connectivity index (χ4n) is 4.65. The molecule has 0 N–H and O–H groups in total. The van der Waals surface area contributed by atoms with Crippen LogP contribution in [-0.2, 0) is 4.79 Å². The van der Waals surface area contributed by atoms with Crippen LogP contribution in [0.5, 0.6) is 0 Å². The van der Waals surface area contributed by atoms with Gasteiger partial charge in [-0.15, -0.1) is 0 Å². The van der Waals surface area contributed by atoms with E-state index in [1.165, 1.54) is 0 Å². The number of nitrogens with zero attached hydrogens (tertiary/aromatic N) is 3. The minimum atomic E-state index is -0.136. The van der Waals surface area contributed by atoms with Crippen LogP contribution in [0.2, 0.25) is 0 Å². The molecule has 0 saturated carbocycles. The van der Waals surface area contributed by atoms with Gasteiger partial charge in [0.2, 0.25) is 5.91 Å². The predicted octanol–water partition coefficient (Wildman–Crippen LogP) is 5.68. The van der Waals surface area contributed by atoms with Gasteiger partial charge >= 0.3 is 0 Å². The minimum absolute atomic E-state index is 0.0230. The lowest BCUT2D eigenvalue weighted by Gasteiger charge is -2.43. The zero-order valence-electron chi connectivity index (χ0n) is 19.7. The van der Waals surface area contributed by atoms with Gasteiger partial charge in [0, 0.05) is 49.2 Å². The van der Waals surface area contributed by atoms with Gasteiger partial charge in [0.05, 0.1) is 6.04 Å². The van der Waals surface area contributed by atoms with E-state index in [1.807, 2.05) is 115 Å². The molecule has 5 nitrogen and oxygen atoms in total. The summed E-state index contributed by atoms with van der Waals surface area (Å²) in [5, 5.41) is 0. The number of hydrogen-bond acceptors (Lipinski definition) is 3. The number of carbonyl (C=O) groups is 2. The summed E-state index contributed by atoms with van der Waals surface area (Å²) in [4.78, 5) is 32.6. The number of para-hydroxylation sites is 2. The Hall–Kier alpha value is -3.60. The molecule has 1 aliphatic heterocycles. The van der Waals surface area contributed by atoms with Crippen LogP contribution in [0.1, 0.15) is 48.7 Å². The molecular formula is C28H31N3O2. The van der Waals surface area contributed by atoms with Crippen molar-refractivity contribution in [1.29, 1.82) is 0 Å². The van der Waals surface area contributed by atoms with Crippen molar-refractivity contribution in [3.8, 4) is 0 Å². The maximum Gasteiger partial charge on any atom is 0.258 e. The first kappa shape index (κ1) is 22.6. The Balaban J connectivity index is 1.77. The van der Waals surface area contributed by atoms with Gasteiger partial charge in [-0.2, -0.15) is 0 Å². The highest BCUT2D eigenvalue weighted by Crippen LogP contribution is 2.43. The maximum absolute atomic E-state index is 13.7. The smallest absolute Gasteiger partial charge is 0.258 e. The van der Waals surface area contributed by atoms with Gasteiger partial charge in [-0.05, 0) is 55.3 Å². The van der Waals surface area contributed by atoms with Crippen LogP contribution >= 0.6 is 0 Å². The molecule has 2 atom stereocenters. The molecule has 0 aliphatic carbocycles. The third-order valence-corrected chi connectivity index (χ3v) is 6.31. The molecule has 3 aromatic rings. The van der Waals surface area contributed by atoms with Crippen LogP contribution < -0.4 is 14.7 Å². The second-order valence-corrected chi connectivity index (χ2v) is 8.73. The lowest BCUT2D eigenvalue weighted by atomic mass is 9.89. The molecule has 0 unspecified atom stereocenters. The molecule has 4 rings (SSSR count). The molecule has 170 valence electrons. The molecule has 1 aliphatic rings. The van der Waals surface area contributed by atoms with Gasteiger partial charge in [-0.1, -0.05) is 49.4 Å². The second-order valence-electron chi connectivity index (χ2n) is 8.73. The van der Waals surface area contributed by atoms with Gasteiger partial charge in [0.25, 0.3) is 5.91 Å². The summed E-state index contributed by atoms with van der Waals surface area (Å²) in [5.41, 5.74) is 4.39. The van der Waals surface area contributed by atoms with Gasteiger partial charge in [0.15, 0.2) is 0 Å². The summed E-state index contributed by atoms with van der Waals surface area (Å²) in [6.07, 6.45) is 1.08.